The van der Waals surface area contributed by atoms with Crippen LogP contribution in [0.2, 0.25) is 5.02 Å². The average molecular weight is 257 g/mol. The zero-order valence-corrected chi connectivity index (χ0v) is 9.89. The van der Waals surface area contributed by atoms with Gasteiger partial charge in [-0.1, -0.05) is 17.7 Å². The Balaban J connectivity index is 2.06. The molecule has 17 heavy (non-hydrogen) atoms. The molecule has 0 saturated heterocycles. The van der Waals surface area contributed by atoms with Crippen LogP contribution in [0, 0.1) is 10.1 Å². The molecule has 1 saturated carbocycles. The maximum absolute atomic E-state index is 10.8. The number of nitrogens with zero attached hydrogens (tertiary/aromatic N) is 1. The highest BCUT2D eigenvalue weighted by atomic mass is 35.5. The van der Waals surface area contributed by atoms with Crippen LogP contribution >= 0.6 is 11.6 Å². The minimum atomic E-state index is -0.447. The van der Waals surface area contributed by atoms with Gasteiger partial charge in [0.15, 0.2) is 0 Å². The third-order valence-electron chi connectivity index (χ3n) is 2.89. The summed E-state index contributed by atoms with van der Waals surface area (Å²) in [6, 6.07) is 4.81. The summed E-state index contributed by atoms with van der Waals surface area (Å²) >= 11 is 5.94. The molecule has 92 valence electrons. The van der Waals surface area contributed by atoms with Crippen molar-refractivity contribution in [3.63, 3.8) is 0 Å². The summed E-state index contributed by atoms with van der Waals surface area (Å²) in [5.74, 6) is 0. The lowest BCUT2D eigenvalue weighted by Gasteiger charge is -2.32. The van der Waals surface area contributed by atoms with Crippen LogP contribution < -0.4 is 5.73 Å². The number of benzene rings is 1. The molecule has 1 fully saturated rings. The molecule has 0 heterocycles. The van der Waals surface area contributed by atoms with Crippen molar-refractivity contribution >= 4 is 17.3 Å². The van der Waals surface area contributed by atoms with Gasteiger partial charge >= 0.3 is 0 Å². The number of nitrogens with two attached hydrogens (primary N) is 1. The highest BCUT2D eigenvalue weighted by Gasteiger charge is 2.27. The third-order valence-corrected chi connectivity index (χ3v) is 3.24. The minimum Gasteiger partial charge on any atom is -0.373 e. The second kappa shape index (κ2) is 5.00. The molecule has 1 aliphatic carbocycles. The molecule has 5 nitrogen and oxygen atoms in total. The zero-order valence-electron chi connectivity index (χ0n) is 9.14. The SMILES string of the molecule is NC1CC(OCc2c(Cl)cccc2[N+](=O)[O-])C1. The molecule has 0 aromatic heterocycles. The summed E-state index contributed by atoms with van der Waals surface area (Å²) in [7, 11) is 0. The summed E-state index contributed by atoms with van der Waals surface area (Å²) in [6.07, 6.45) is 1.71. The van der Waals surface area contributed by atoms with E-state index in [4.69, 9.17) is 22.1 Å². The first kappa shape index (κ1) is 12.3. The van der Waals surface area contributed by atoms with Gasteiger partial charge in [-0.05, 0) is 18.9 Å². The minimum absolute atomic E-state index is 0.00104. The molecule has 2 N–H and O–H groups in total. The van der Waals surface area contributed by atoms with Gasteiger partial charge in [0.25, 0.3) is 5.69 Å². The summed E-state index contributed by atoms with van der Waals surface area (Å²) in [5.41, 5.74) is 6.06. The lowest BCUT2D eigenvalue weighted by molar-refractivity contribution is -0.386. The van der Waals surface area contributed by atoms with E-state index in [2.05, 4.69) is 0 Å². The fraction of sp³-hybridized carbons (Fsp3) is 0.455. The third kappa shape index (κ3) is 2.74. The number of nitro benzene ring substituents is 1. The van der Waals surface area contributed by atoms with E-state index in [0.29, 0.717) is 10.6 Å². The number of ether oxygens (including phenoxy) is 1. The van der Waals surface area contributed by atoms with Gasteiger partial charge in [0.05, 0.1) is 28.2 Å². The van der Waals surface area contributed by atoms with Crippen molar-refractivity contribution < 1.29 is 9.66 Å². The van der Waals surface area contributed by atoms with Crippen LogP contribution in [-0.4, -0.2) is 17.1 Å². The Kier molecular flexibility index (Phi) is 3.61. The number of hydrogen-bond donors (Lipinski definition) is 1. The van der Waals surface area contributed by atoms with E-state index in [1.165, 1.54) is 6.07 Å². The lowest BCUT2D eigenvalue weighted by Crippen LogP contribution is -2.41. The first-order valence-electron chi connectivity index (χ1n) is 5.37. The topological polar surface area (TPSA) is 78.4 Å². The van der Waals surface area contributed by atoms with E-state index in [0.717, 1.165) is 12.8 Å². The molecule has 0 amide bonds. The van der Waals surface area contributed by atoms with E-state index in [9.17, 15) is 10.1 Å². The van der Waals surface area contributed by atoms with Crippen molar-refractivity contribution in [1.29, 1.82) is 0 Å². The number of rotatable bonds is 4. The maximum Gasteiger partial charge on any atom is 0.276 e. The second-order valence-corrected chi connectivity index (χ2v) is 4.57. The van der Waals surface area contributed by atoms with E-state index >= 15 is 0 Å². The van der Waals surface area contributed by atoms with Crippen molar-refractivity contribution in [3.05, 3.63) is 38.9 Å². The highest BCUT2D eigenvalue weighted by molar-refractivity contribution is 6.31. The lowest BCUT2D eigenvalue weighted by atomic mass is 9.90. The Morgan fingerprint density at radius 1 is 1.53 bits per heavy atom. The van der Waals surface area contributed by atoms with Crippen LogP contribution in [0.4, 0.5) is 5.69 Å². The molecule has 1 aromatic carbocycles. The molecule has 1 aliphatic rings. The molecule has 0 spiro atoms. The molecule has 0 aliphatic heterocycles. The van der Waals surface area contributed by atoms with Gasteiger partial charge in [-0.15, -0.1) is 0 Å². The van der Waals surface area contributed by atoms with Crippen LogP contribution in [0.1, 0.15) is 18.4 Å². The molecule has 1 aromatic rings. The van der Waals surface area contributed by atoms with E-state index < -0.39 is 4.92 Å². The summed E-state index contributed by atoms with van der Waals surface area (Å²) < 4.78 is 5.54. The van der Waals surface area contributed by atoms with Crippen molar-refractivity contribution in [2.75, 3.05) is 0 Å². The fourth-order valence-corrected chi connectivity index (χ4v) is 2.03. The maximum atomic E-state index is 10.8. The number of halogens is 1. The van der Waals surface area contributed by atoms with Gasteiger partial charge in [0.2, 0.25) is 0 Å². The van der Waals surface area contributed by atoms with Crippen LogP contribution in [-0.2, 0) is 11.3 Å². The summed E-state index contributed by atoms with van der Waals surface area (Å²) in [5, 5.41) is 11.2. The first-order valence-corrected chi connectivity index (χ1v) is 5.74. The van der Waals surface area contributed by atoms with Gasteiger partial charge in [-0.25, -0.2) is 0 Å². The smallest absolute Gasteiger partial charge is 0.276 e. The molecule has 0 unspecified atom stereocenters. The molecule has 0 atom stereocenters. The van der Waals surface area contributed by atoms with Crippen LogP contribution in [0.5, 0.6) is 0 Å². The molecule has 0 bridgehead atoms. The number of hydrogen-bond acceptors (Lipinski definition) is 4. The Morgan fingerprint density at radius 2 is 2.24 bits per heavy atom. The molecular formula is C11H13ClN2O3. The van der Waals surface area contributed by atoms with Crippen molar-refractivity contribution in [1.82, 2.24) is 0 Å². The highest BCUT2D eigenvalue weighted by Crippen LogP contribution is 2.29. The Labute approximate surface area is 104 Å². The largest absolute Gasteiger partial charge is 0.373 e. The van der Waals surface area contributed by atoms with Crippen LogP contribution in [0.15, 0.2) is 18.2 Å². The monoisotopic (exact) mass is 256 g/mol. The van der Waals surface area contributed by atoms with Crippen LogP contribution in [0.25, 0.3) is 0 Å². The Morgan fingerprint density at radius 3 is 2.82 bits per heavy atom. The van der Waals surface area contributed by atoms with Crippen molar-refractivity contribution in [3.8, 4) is 0 Å². The predicted molar refractivity (Wildman–Crippen MR) is 63.9 cm³/mol. The van der Waals surface area contributed by atoms with Gasteiger partial charge < -0.3 is 10.5 Å². The first-order chi connectivity index (χ1) is 8.08. The van der Waals surface area contributed by atoms with Gasteiger partial charge in [-0.2, -0.15) is 0 Å². The van der Waals surface area contributed by atoms with E-state index in [1.54, 1.807) is 12.1 Å². The fourth-order valence-electron chi connectivity index (χ4n) is 1.80. The van der Waals surface area contributed by atoms with Gasteiger partial charge in [-0.3, -0.25) is 10.1 Å². The number of nitro groups is 1. The second-order valence-electron chi connectivity index (χ2n) is 4.16. The average Bonchev–Trinajstić information content (AvgIpc) is 2.23. The predicted octanol–water partition coefficient (Wildman–Crippen LogP) is 2.25. The van der Waals surface area contributed by atoms with Crippen molar-refractivity contribution in [2.45, 2.75) is 31.6 Å². The van der Waals surface area contributed by atoms with E-state index in [-0.39, 0.29) is 24.4 Å². The zero-order chi connectivity index (χ0) is 12.4. The van der Waals surface area contributed by atoms with Gasteiger partial charge in [0, 0.05) is 12.1 Å². The Bertz CT molecular complexity index is 433. The molecule has 2 rings (SSSR count). The molecule has 6 heteroatoms. The van der Waals surface area contributed by atoms with E-state index in [1.807, 2.05) is 0 Å². The van der Waals surface area contributed by atoms with Gasteiger partial charge in [0.1, 0.15) is 0 Å². The normalized spacial score (nSPS) is 23.2. The summed E-state index contributed by atoms with van der Waals surface area (Å²) in [6.45, 7) is 0.160. The Hall–Kier alpha value is -1.17. The standard InChI is InChI=1S/C11H13ClN2O3/c12-10-2-1-3-11(14(15)16)9(10)6-17-8-4-7(13)5-8/h1-3,7-8H,4-6,13H2. The quantitative estimate of drug-likeness (QED) is 0.662. The summed E-state index contributed by atoms with van der Waals surface area (Å²) in [4.78, 5) is 10.4. The molecule has 0 radical (unpaired) electrons. The van der Waals surface area contributed by atoms with Crippen LogP contribution in [0.3, 0.4) is 0 Å². The van der Waals surface area contributed by atoms with Crippen molar-refractivity contribution in [2.24, 2.45) is 5.73 Å². The molecular weight excluding hydrogens is 244 g/mol.